The van der Waals surface area contributed by atoms with Gasteiger partial charge in [0.05, 0.1) is 6.10 Å². The van der Waals surface area contributed by atoms with Gasteiger partial charge in [0.25, 0.3) is 0 Å². The van der Waals surface area contributed by atoms with E-state index in [1.807, 2.05) is 13.8 Å². The monoisotopic (exact) mass is 286 g/mol. The molecule has 116 valence electrons. The van der Waals surface area contributed by atoms with E-state index in [-0.39, 0.29) is 24.6 Å². The zero-order valence-electron chi connectivity index (χ0n) is 12.4. The molecule has 0 spiro atoms. The molecule has 0 aliphatic carbocycles. The van der Waals surface area contributed by atoms with E-state index in [9.17, 15) is 9.59 Å². The molecule has 2 N–H and O–H groups in total. The zero-order chi connectivity index (χ0) is 15.0. The number of aliphatic carboxylic acids is 1. The lowest BCUT2D eigenvalue weighted by Gasteiger charge is -2.27. The summed E-state index contributed by atoms with van der Waals surface area (Å²) in [5, 5.41) is 11.5. The summed E-state index contributed by atoms with van der Waals surface area (Å²) in [6, 6.07) is -0.0603. The predicted molar refractivity (Wildman–Crippen MR) is 75.7 cm³/mol. The summed E-state index contributed by atoms with van der Waals surface area (Å²) < 4.78 is 5.50. The van der Waals surface area contributed by atoms with Crippen LogP contribution in [0.25, 0.3) is 0 Å². The first-order chi connectivity index (χ1) is 9.50. The smallest absolute Gasteiger partial charge is 0.317 e. The Morgan fingerprint density at radius 2 is 2.20 bits per heavy atom. The number of nitrogens with one attached hydrogen (secondary N) is 1. The number of rotatable bonds is 8. The van der Waals surface area contributed by atoms with Crippen LogP contribution >= 0.6 is 0 Å². The summed E-state index contributed by atoms with van der Waals surface area (Å²) in [6.07, 6.45) is 3.86. The van der Waals surface area contributed by atoms with Crippen molar-refractivity contribution in [2.24, 2.45) is 0 Å². The van der Waals surface area contributed by atoms with Crippen LogP contribution in [0.3, 0.4) is 0 Å². The van der Waals surface area contributed by atoms with Crippen LogP contribution in [0.4, 0.5) is 4.79 Å². The van der Waals surface area contributed by atoms with E-state index in [4.69, 9.17) is 9.84 Å². The molecule has 1 aliphatic heterocycles. The third-order valence-electron chi connectivity index (χ3n) is 3.44. The first kappa shape index (κ1) is 16.8. The van der Waals surface area contributed by atoms with Crippen molar-refractivity contribution < 1.29 is 19.4 Å². The van der Waals surface area contributed by atoms with Crippen LogP contribution in [0.1, 0.15) is 46.0 Å². The molecule has 0 radical (unpaired) electrons. The molecule has 0 aromatic heterocycles. The van der Waals surface area contributed by atoms with Crippen molar-refractivity contribution >= 4 is 12.0 Å². The van der Waals surface area contributed by atoms with Crippen LogP contribution in [-0.4, -0.2) is 53.8 Å². The van der Waals surface area contributed by atoms with Gasteiger partial charge in [-0.2, -0.15) is 0 Å². The largest absolute Gasteiger partial charge is 0.481 e. The minimum absolute atomic E-state index is 0.0616. The van der Waals surface area contributed by atoms with Gasteiger partial charge in [-0.1, -0.05) is 0 Å². The fourth-order valence-corrected chi connectivity index (χ4v) is 2.31. The highest BCUT2D eigenvalue weighted by Crippen LogP contribution is 2.14. The Bertz CT molecular complexity index is 314. The number of nitrogens with zero attached hydrogens (tertiary/aromatic N) is 1. The van der Waals surface area contributed by atoms with Crippen LogP contribution in [0.15, 0.2) is 0 Å². The second-order valence-corrected chi connectivity index (χ2v) is 5.44. The van der Waals surface area contributed by atoms with Gasteiger partial charge >= 0.3 is 12.0 Å². The summed E-state index contributed by atoms with van der Waals surface area (Å²) in [5.74, 6) is -0.826. The third kappa shape index (κ3) is 6.23. The summed E-state index contributed by atoms with van der Waals surface area (Å²) in [4.78, 5) is 24.2. The fourth-order valence-electron chi connectivity index (χ4n) is 2.31. The normalized spacial score (nSPS) is 18.2. The summed E-state index contributed by atoms with van der Waals surface area (Å²) in [5.41, 5.74) is 0. The van der Waals surface area contributed by atoms with Gasteiger partial charge in [-0.15, -0.1) is 0 Å². The molecular weight excluding hydrogens is 260 g/mol. The second kappa shape index (κ2) is 8.79. The summed E-state index contributed by atoms with van der Waals surface area (Å²) in [6.45, 7) is 5.76. The van der Waals surface area contributed by atoms with E-state index in [0.717, 1.165) is 25.9 Å². The highest BCUT2D eigenvalue weighted by Gasteiger charge is 2.18. The number of ether oxygens (including phenoxy) is 1. The van der Waals surface area contributed by atoms with Gasteiger partial charge in [-0.3, -0.25) is 4.79 Å². The first-order valence-electron chi connectivity index (χ1n) is 7.38. The highest BCUT2D eigenvalue weighted by atomic mass is 16.5. The van der Waals surface area contributed by atoms with Crippen LogP contribution in [0.5, 0.6) is 0 Å². The fraction of sp³-hybridized carbons (Fsp3) is 0.857. The molecule has 0 aromatic carbocycles. The zero-order valence-corrected chi connectivity index (χ0v) is 12.4. The van der Waals surface area contributed by atoms with Crippen LogP contribution in [0, 0.1) is 0 Å². The third-order valence-corrected chi connectivity index (χ3v) is 3.44. The number of carbonyl (C=O) groups excluding carboxylic acids is 1. The van der Waals surface area contributed by atoms with Gasteiger partial charge < -0.3 is 20.1 Å². The number of urea groups is 1. The van der Waals surface area contributed by atoms with E-state index >= 15 is 0 Å². The van der Waals surface area contributed by atoms with Crippen molar-refractivity contribution in [1.82, 2.24) is 10.2 Å². The van der Waals surface area contributed by atoms with E-state index in [1.54, 1.807) is 4.90 Å². The molecule has 2 amide bonds. The Kier molecular flexibility index (Phi) is 7.36. The van der Waals surface area contributed by atoms with Crippen LogP contribution < -0.4 is 5.32 Å². The van der Waals surface area contributed by atoms with E-state index < -0.39 is 5.97 Å². The maximum atomic E-state index is 12.1. The number of hydrogen-bond acceptors (Lipinski definition) is 3. The lowest BCUT2D eigenvalue weighted by atomic mass is 10.2. The molecule has 1 atom stereocenters. The number of carboxylic acid groups (broad SMARTS) is 1. The first-order valence-corrected chi connectivity index (χ1v) is 7.38. The molecule has 1 unspecified atom stereocenters. The second-order valence-electron chi connectivity index (χ2n) is 5.44. The Balaban J connectivity index is 2.25. The summed E-state index contributed by atoms with van der Waals surface area (Å²) >= 11 is 0. The molecular formula is C14H26N2O4. The summed E-state index contributed by atoms with van der Waals surface area (Å²) in [7, 11) is 0. The van der Waals surface area contributed by atoms with Crippen molar-refractivity contribution in [3.8, 4) is 0 Å². The van der Waals surface area contributed by atoms with Crippen LogP contribution in [-0.2, 0) is 9.53 Å². The average Bonchev–Trinajstić information content (AvgIpc) is 2.86. The van der Waals surface area contributed by atoms with Gasteiger partial charge in [0.2, 0.25) is 0 Å². The molecule has 6 nitrogen and oxygen atoms in total. The van der Waals surface area contributed by atoms with E-state index in [2.05, 4.69) is 5.32 Å². The minimum Gasteiger partial charge on any atom is -0.481 e. The van der Waals surface area contributed by atoms with Gasteiger partial charge in [0.15, 0.2) is 0 Å². The molecule has 20 heavy (non-hydrogen) atoms. The Hall–Kier alpha value is -1.30. The molecule has 0 bridgehead atoms. The van der Waals surface area contributed by atoms with Crippen molar-refractivity contribution in [1.29, 1.82) is 0 Å². The highest BCUT2D eigenvalue weighted by molar-refractivity contribution is 5.74. The average molecular weight is 286 g/mol. The Labute approximate surface area is 120 Å². The molecule has 6 heteroatoms. The molecule has 0 saturated carbocycles. The number of hydrogen-bond donors (Lipinski definition) is 2. The lowest BCUT2D eigenvalue weighted by molar-refractivity contribution is -0.137. The molecule has 1 fully saturated rings. The van der Waals surface area contributed by atoms with Crippen molar-refractivity contribution in [2.75, 3.05) is 19.7 Å². The quantitative estimate of drug-likeness (QED) is 0.713. The standard InChI is InChI=1S/C14H26N2O4/c1-11(2)16(9-3-6-13(17)18)14(19)15-8-7-12-5-4-10-20-12/h11-12H,3-10H2,1-2H3,(H,15,19)(H,17,18). The number of amides is 2. The van der Waals surface area contributed by atoms with Crippen molar-refractivity contribution in [2.45, 2.75) is 58.1 Å². The topological polar surface area (TPSA) is 78.9 Å². The van der Waals surface area contributed by atoms with E-state index in [1.165, 1.54) is 0 Å². The molecule has 0 aromatic rings. The number of carbonyl (C=O) groups is 2. The maximum absolute atomic E-state index is 12.1. The SMILES string of the molecule is CC(C)N(CCCC(=O)O)C(=O)NCCC1CCCO1. The molecule has 1 rings (SSSR count). The van der Waals surface area contributed by atoms with Gasteiger partial charge in [-0.05, 0) is 39.5 Å². The van der Waals surface area contributed by atoms with Gasteiger partial charge in [-0.25, -0.2) is 4.79 Å². The molecule has 1 saturated heterocycles. The molecule has 1 heterocycles. The van der Waals surface area contributed by atoms with Gasteiger partial charge in [0.1, 0.15) is 0 Å². The molecule has 1 aliphatic rings. The van der Waals surface area contributed by atoms with Crippen molar-refractivity contribution in [3.63, 3.8) is 0 Å². The Morgan fingerprint density at radius 1 is 1.45 bits per heavy atom. The predicted octanol–water partition coefficient (Wildman–Crippen LogP) is 1.84. The minimum atomic E-state index is -0.826. The Morgan fingerprint density at radius 3 is 2.75 bits per heavy atom. The van der Waals surface area contributed by atoms with Crippen LogP contribution in [0.2, 0.25) is 0 Å². The number of carboxylic acids is 1. The lowest BCUT2D eigenvalue weighted by Crippen LogP contribution is -2.45. The van der Waals surface area contributed by atoms with E-state index in [0.29, 0.717) is 19.5 Å². The van der Waals surface area contributed by atoms with Crippen molar-refractivity contribution in [3.05, 3.63) is 0 Å². The van der Waals surface area contributed by atoms with Gasteiger partial charge in [0, 0.05) is 32.2 Å². The maximum Gasteiger partial charge on any atom is 0.317 e.